The summed E-state index contributed by atoms with van der Waals surface area (Å²) in [5.41, 5.74) is 3.51. The van der Waals surface area contributed by atoms with Crippen LogP contribution in [0.15, 0.2) is 77.8 Å². The number of halogens is 2. The van der Waals surface area contributed by atoms with Gasteiger partial charge in [-0.15, -0.1) is 11.8 Å². The molecule has 0 fully saturated rings. The van der Waals surface area contributed by atoms with Crippen molar-refractivity contribution in [2.75, 3.05) is 7.11 Å². The molecule has 0 aliphatic carbocycles. The molecule has 1 aromatic heterocycles. The van der Waals surface area contributed by atoms with E-state index in [1.807, 2.05) is 42.5 Å². The molecule has 140 valence electrons. The van der Waals surface area contributed by atoms with Crippen LogP contribution in [0.3, 0.4) is 0 Å². The molecular formula is C23H17ClFNOS. The predicted molar refractivity (Wildman–Crippen MR) is 115 cm³/mol. The number of ether oxygens (including phenoxy) is 1. The number of methoxy groups -OCH3 is 1. The molecule has 0 radical (unpaired) electrons. The molecule has 5 heteroatoms. The van der Waals surface area contributed by atoms with Crippen molar-refractivity contribution >= 4 is 34.3 Å². The van der Waals surface area contributed by atoms with Crippen molar-refractivity contribution in [1.29, 1.82) is 0 Å². The summed E-state index contributed by atoms with van der Waals surface area (Å²) in [6, 6.07) is 22.8. The van der Waals surface area contributed by atoms with Crippen LogP contribution in [0.4, 0.5) is 4.39 Å². The van der Waals surface area contributed by atoms with Crippen molar-refractivity contribution in [3.8, 4) is 16.9 Å². The van der Waals surface area contributed by atoms with Crippen LogP contribution < -0.4 is 4.74 Å². The second-order valence-corrected chi connectivity index (χ2v) is 7.65. The largest absolute Gasteiger partial charge is 0.497 e. The normalized spacial score (nSPS) is 11.0. The third kappa shape index (κ3) is 3.84. The number of hydrogen-bond acceptors (Lipinski definition) is 3. The standard InChI is InChI=1S/C23H17ClFNOS/c1-27-16-10-11-17-18(15-6-3-2-4-7-15)13-23(26-22(17)12-16)28-14-19-20(24)8-5-9-21(19)25/h2-13H,14H2,1H3. The van der Waals surface area contributed by atoms with Crippen molar-refractivity contribution < 1.29 is 9.13 Å². The lowest BCUT2D eigenvalue weighted by Crippen LogP contribution is -1.92. The summed E-state index contributed by atoms with van der Waals surface area (Å²) in [6.07, 6.45) is 0. The maximum absolute atomic E-state index is 14.1. The van der Waals surface area contributed by atoms with Crippen molar-refractivity contribution in [3.05, 3.63) is 89.2 Å². The molecule has 2 nitrogen and oxygen atoms in total. The first-order valence-electron chi connectivity index (χ1n) is 8.75. The summed E-state index contributed by atoms with van der Waals surface area (Å²) in [4.78, 5) is 4.76. The summed E-state index contributed by atoms with van der Waals surface area (Å²) < 4.78 is 19.5. The first-order valence-corrected chi connectivity index (χ1v) is 10.1. The molecule has 1 heterocycles. The van der Waals surface area contributed by atoms with E-state index in [0.717, 1.165) is 32.8 Å². The second kappa shape index (κ2) is 8.21. The molecule has 0 N–H and O–H groups in total. The molecule has 0 spiro atoms. The first-order chi connectivity index (χ1) is 13.7. The molecule has 0 saturated carbocycles. The number of thioether (sulfide) groups is 1. The SMILES string of the molecule is COc1ccc2c(-c3ccccc3)cc(SCc3c(F)cccc3Cl)nc2c1. The van der Waals surface area contributed by atoms with Gasteiger partial charge in [0.1, 0.15) is 11.6 Å². The average molecular weight is 410 g/mol. The van der Waals surface area contributed by atoms with E-state index in [2.05, 4.69) is 12.1 Å². The van der Waals surface area contributed by atoms with Gasteiger partial charge in [-0.2, -0.15) is 0 Å². The molecule has 0 atom stereocenters. The molecule has 4 aromatic rings. The van der Waals surface area contributed by atoms with Crippen LogP contribution in [0, 0.1) is 5.82 Å². The van der Waals surface area contributed by atoms with Crippen LogP contribution in [-0.2, 0) is 5.75 Å². The molecule has 0 aliphatic heterocycles. The minimum Gasteiger partial charge on any atom is -0.497 e. The van der Waals surface area contributed by atoms with E-state index >= 15 is 0 Å². The molecule has 0 saturated heterocycles. The van der Waals surface area contributed by atoms with Crippen molar-refractivity contribution in [2.24, 2.45) is 0 Å². The first kappa shape index (κ1) is 18.8. The monoisotopic (exact) mass is 409 g/mol. The van der Waals surface area contributed by atoms with Gasteiger partial charge in [-0.05, 0) is 41.5 Å². The fourth-order valence-corrected chi connectivity index (χ4v) is 4.32. The van der Waals surface area contributed by atoms with Crippen molar-refractivity contribution in [3.63, 3.8) is 0 Å². The van der Waals surface area contributed by atoms with E-state index in [0.29, 0.717) is 16.3 Å². The topological polar surface area (TPSA) is 22.1 Å². The van der Waals surface area contributed by atoms with Gasteiger partial charge in [0.25, 0.3) is 0 Å². The maximum atomic E-state index is 14.1. The van der Waals surface area contributed by atoms with Crippen LogP contribution in [0.5, 0.6) is 5.75 Å². The predicted octanol–water partition coefficient (Wildman–Crippen LogP) is 7.00. The molecule has 0 unspecified atom stereocenters. The Hall–Kier alpha value is -2.56. The van der Waals surface area contributed by atoms with E-state index < -0.39 is 0 Å². The van der Waals surface area contributed by atoms with Gasteiger partial charge in [0.15, 0.2) is 0 Å². The summed E-state index contributed by atoms with van der Waals surface area (Å²) in [6.45, 7) is 0. The van der Waals surface area contributed by atoms with Crippen LogP contribution in [0.2, 0.25) is 5.02 Å². The lowest BCUT2D eigenvalue weighted by atomic mass is 10.0. The lowest BCUT2D eigenvalue weighted by molar-refractivity contribution is 0.415. The Morgan fingerprint density at radius 2 is 1.82 bits per heavy atom. The number of rotatable bonds is 5. The van der Waals surface area contributed by atoms with E-state index in [9.17, 15) is 4.39 Å². The van der Waals surface area contributed by atoms with Gasteiger partial charge in [-0.3, -0.25) is 0 Å². The fourth-order valence-electron chi connectivity index (χ4n) is 3.06. The highest BCUT2D eigenvalue weighted by molar-refractivity contribution is 7.98. The quantitative estimate of drug-likeness (QED) is 0.331. The number of aromatic nitrogens is 1. The Morgan fingerprint density at radius 1 is 1.00 bits per heavy atom. The fraction of sp³-hybridized carbons (Fsp3) is 0.0870. The molecular weight excluding hydrogens is 393 g/mol. The van der Waals surface area contributed by atoms with E-state index in [1.54, 1.807) is 19.2 Å². The van der Waals surface area contributed by atoms with Crippen molar-refractivity contribution in [2.45, 2.75) is 10.8 Å². The minimum absolute atomic E-state index is 0.300. The molecule has 3 aromatic carbocycles. The molecule has 4 rings (SSSR count). The van der Waals surface area contributed by atoms with Gasteiger partial charge in [0.2, 0.25) is 0 Å². The van der Waals surface area contributed by atoms with E-state index in [1.165, 1.54) is 17.8 Å². The highest BCUT2D eigenvalue weighted by Gasteiger charge is 2.12. The minimum atomic E-state index is -0.300. The van der Waals surface area contributed by atoms with Gasteiger partial charge >= 0.3 is 0 Å². The molecule has 0 bridgehead atoms. The highest BCUT2D eigenvalue weighted by Crippen LogP contribution is 2.35. The maximum Gasteiger partial charge on any atom is 0.128 e. The van der Waals surface area contributed by atoms with Gasteiger partial charge < -0.3 is 4.74 Å². The van der Waals surface area contributed by atoms with Gasteiger partial charge in [-0.25, -0.2) is 9.37 Å². The number of hydrogen-bond donors (Lipinski definition) is 0. The Kier molecular flexibility index (Phi) is 5.51. The van der Waals surface area contributed by atoms with Crippen LogP contribution >= 0.6 is 23.4 Å². The summed E-state index contributed by atoms with van der Waals surface area (Å²) in [5, 5.41) is 2.28. The third-order valence-corrected chi connectivity index (χ3v) is 5.80. The number of fused-ring (bicyclic) bond motifs is 1. The van der Waals surface area contributed by atoms with E-state index in [-0.39, 0.29) is 5.82 Å². The Balaban J connectivity index is 1.78. The average Bonchev–Trinajstić information content (AvgIpc) is 2.73. The number of pyridine rings is 1. The number of benzene rings is 3. The lowest BCUT2D eigenvalue weighted by Gasteiger charge is -2.12. The zero-order chi connectivity index (χ0) is 19.5. The van der Waals surface area contributed by atoms with Gasteiger partial charge in [0.05, 0.1) is 17.7 Å². The third-order valence-electron chi connectivity index (χ3n) is 4.50. The van der Waals surface area contributed by atoms with Gasteiger partial charge in [0, 0.05) is 27.8 Å². The second-order valence-electron chi connectivity index (χ2n) is 6.25. The van der Waals surface area contributed by atoms with E-state index in [4.69, 9.17) is 21.3 Å². The van der Waals surface area contributed by atoms with Crippen LogP contribution in [0.25, 0.3) is 22.0 Å². The zero-order valence-corrected chi connectivity index (χ0v) is 16.7. The Morgan fingerprint density at radius 3 is 2.57 bits per heavy atom. The summed E-state index contributed by atoms with van der Waals surface area (Å²) in [5.74, 6) is 0.853. The zero-order valence-electron chi connectivity index (χ0n) is 15.2. The Bertz CT molecular complexity index is 1110. The smallest absolute Gasteiger partial charge is 0.128 e. The summed E-state index contributed by atoms with van der Waals surface area (Å²) >= 11 is 7.63. The highest BCUT2D eigenvalue weighted by atomic mass is 35.5. The van der Waals surface area contributed by atoms with Gasteiger partial charge in [-0.1, -0.05) is 48.0 Å². The molecule has 0 aliphatic rings. The number of nitrogens with zero attached hydrogens (tertiary/aromatic N) is 1. The van der Waals surface area contributed by atoms with Crippen molar-refractivity contribution in [1.82, 2.24) is 4.98 Å². The summed E-state index contributed by atoms with van der Waals surface area (Å²) in [7, 11) is 1.64. The molecule has 0 amide bonds. The van der Waals surface area contributed by atoms with Crippen LogP contribution in [-0.4, -0.2) is 12.1 Å². The van der Waals surface area contributed by atoms with Crippen LogP contribution in [0.1, 0.15) is 5.56 Å². The molecule has 28 heavy (non-hydrogen) atoms. The Labute approximate surface area is 172 Å².